The fourth-order valence-electron chi connectivity index (χ4n) is 3.74. The highest BCUT2D eigenvalue weighted by Gasteiger charge is 2.38. The Morgan fingerprint density at radius 2 is 2.00 bits per heavy atom. The molecule has 0 bridgehead atoms. The molecule has 2 aliphatic rings. The fourth-order valence-corrected chi connectivity index (χ4v) is 3.74. The van der Waals surface area contributed by atoms with Crippen LogP contribution < -0.4 is 0 Å². The number of rotatable bonds is 5. The van der Waals surface area contributed by atoms with E-state index in [0.717, 1.165) is 32.5 Å². The largest absolute Gasteiger partial charge is 0.480 e. The van der Waals surface area contributed by atoms with Crippen LogP contribution in [0.1, 0.15) is 24.8 Å². The van der Waals surface area contributed by atoms with E-state index in [2.05, 4.69) is 29.2 Å². The van der Waals surface area contributed by atoms with Gasteiger partial charge in [0.15, 0.2) is 0 Å². The Morgan fingerprint density at radius 1 is 1.23 bits per heavy atom. The molecule has 1 aromatic carbocycles. The van der Waals surface area contributed by atoms with Gasteiger partial charge in [0.1, 0.15) is 6.04 Å². The minimum absolute atomic E-state index is 0.348. The molecule has 0 radical (unpaired) electrons. The summed E-state index contributed by atoms with van der Waals surface area (Å²) in [6, 6.07) is 10.2. The summed E-state index contributed by atoms with van der Waals surface area (Å²) < 4.78 is 0. The zero-order valence-electron chi connectivity index (χ0n) is 12.8. The average molecular weight is 304 g/mol. The van der Waals surface area contributed by atoms with Crippen LogP contribution in [0.3, 0.4) is 0 Å². The molecule has 0 spiro atoms. The molecule has 2 aliphatic heterocycles. The molecular weight excluding hydrogens is 280 g/mol. The zero-order valence-corrected chi connectivity index (χ0v) is 12.8. The van der Waals surface area contributed by atoms with E-state index >= 15 is 0 Å². The van der Waals surface area contributed by atoms with Crippen LogP contribution in [-0.4, -0.2) is 63.8 Å². The summed E-state index contributed by atoms with van der Waals surface area (Å²) in [6.07, 6.45) is 2.10. The van der Waals surface area contributed by atoms with Crippen molar-refractivity contribution in [1.82, 2.24) is 9.80 Å². The van der Waals surface area contributed by atoms with Gasteiger partial charge in [-0.1, -0.05) is 30.3 Å². The third-order valence-electron chi connectivity index (χ3n) is 4.84. The smallest absolute Gasteiger partial charge is 0.321 e. The Balaban J connectivity index is 1.62. The molecule has 2 heterocycles. The van der Waals surface area contributed by atoms with Crippen LogP contribution in [0.5, 0.6) is 0 Å². The molecule has 0 amide bonds. The molecule has 1 aromatic rings. The summed E-state index contributed by atoms with van der Waals surface area (Å²) in [4.78, 5) is 15.7. The van der Waals surface area contributed by atoms with E-state index in [0.29, 0.717) is 19.0 Å². The van der Waals surface area contributed by atoms with Crippen LogP contribution in [-0.2, 0) is 11.3 Å². The lowest BCUT2D eigenvalue weighted by atomic mass is 10.1. The van der Waals surface area contributed by atoms with E-state index in [-0.39, 0.29) is 0 Å². The first-order valence-electron chi connectivity index (χ1n) is 8.06. The Kier molecular flexibility index (Phi) is 4.76. The van der Waals surface area contributed by atoms with Crippen LogP contribution in [0, 0.1) is 0 Å². The molecule has 3 rings (SSSR count). The van der Waals surface area contributed by atoms with Gasteiger partial charge in [0.25, 0.3) is 0 Å². The summed E-state index contributed by atoms with van der Waals surface area (Å²) in [6.45, 7) is 3.20. The van der Waals surface area contributed by atoms with Crippen molar-refractivity contribution >= 4 is 5.97 Å². The summed E-state index contributed by atoms with van der Waals surface area (Å²) in [7, 11) is 0. The maximum atomic E-state index is 11.3. The highest BCUT2D eigenvalue weighted by atomic mass is 16.4. The summed E-state index contributed by atoms with van der Waals surface area (Å²) in [5, 5.41) is 19.1. The van der Waals surface area contributed by atoms with E-state index in [1.807, 2.05) is 11.0 Å². The van der Waals surface area contributed by atoms with Crippen LogP contribution >= 0.6 is 0 Å². The first-order chi connectivity index (χ1) is 10.6. The van der Waals surface area contributed by atoms with E-state index in [1.165, 1.54) is 5.56 Å². The molecule has 0 aromatic heterocycles. The van der Waals surface area contributed by atoms with E-state index in [1.54, 1.807) is 0 Å². The van der Waals surface area contributed by atoms with Crippen molar-refractivity contribution in [2.45, 2.75) is 44.0 Å². The van der Waals surface area contributed by atoms with Crippen LogP contribution in [0.25, 0.3) is 0 Å². The van der Waals surface area contributed by atoms with Gasteiger partial charge in [-0.15, -0.1) is 0 Å². The van der Waals surface area contributed by atoms with Crippen LogP contribution in [0.2, 0.25) is 0 Å². The Morgan fingerprint density at radius 3 is 2.73 bits per heavy atom. The molecule has 0 saturated carbocycles. The van der Waals surface area contributed by atoms with E-state index in [4.69, 9.17) is 0 Å². The number of carboxylic acids is 1. The molecule has 2 saturated heterocycles. The van der Waals surface area contributed by atoms with Crippen molar-refractivity contribution in [2.75, 3.05) is 19.6 Å². The maximum absolute atomic E-state index is 11.3. The number of hydrogen-bond donors (Lipinski definition) is 2. The second-order valence-corrected chi connectivity index (χ2v) is 6.45. The number of aliphatic carboxylic acids is 1. The van der Waals surface area contributed by atoms with Gasteiger partial charge in [-0.2, -0.15) is 0 Å². The van der Waals surface area contributed by atoms with Gasteiger partial charge in [-0.05, 0) is 24.9 Å². The van der Waals surface area contributed by atoms with Gasteiger partial charge in [0.05, 0.1) is 6.10 Å². The van der Waals surface area contributed by atoms with Gasteiger partial charge >= 0.3 is 5.97 Å². The number of likely N-dealkylation sites (tertiary alicyclic amines) is 2. The van der Waals surface area contributed by atoms with Gasteiger partial charge in [0.2, 0.25) is 0 Å². The monoisotopic (exact) mass is 304 g/mol. The molecule has 5 nitrogen and oxygen atoms in total. The topological polar surface area (TPSA) is 64.0 Å². The summed E-state index contributed by atoms with van der Waals surface area (Å²) in [5.41, 5.74) is 1.30. The van der Waals surface area contributed by atoms with Gasteiger partial charge in [-0.25, -0.2) is 0 Å². The van der Waals surface area contributed by atoms with Crippen LogP contribution in [0.15, 0.2) is 30.3 Å². The van der Waals surface area contributed by atoms with Crippen molar-refractivity contribution in [1.29, 1.82) is 0 Å². The van der Waals surface area contributed by atoms with Crippen molar-refractivity contribution in [3.63, 3.8) is 0 Å². The molecular formula is C17H24N2O3. The number of aliphatic hydroxyl groups excluding tert-OH is 1. The second kappa shape index (κ2) is 6.77. The lowest BCUT2D eigenvalue weighted by molar-refractivity contribution is -0.142. The zero-order chi connectivity index (χ0) is 15.5. The molecule has 2 fully saturated rings. The van der Waals surface area contributed by atoms with Crippen molar-refractivity contribution in [3.8, 4) is 0 Å². The number of benzene rings is 1. The molecule has 5 heteroatoms. The Bertz CT molecular complexity index is 508. The highest BCUT2D eigenvalue weighted by molar-refractivity contribution is 5.74. The van der Waals surface area contributed by atoms with E-state index in [9.17, 15) is 15.0 Å². The van der Waals surface area contributed by atoms with Gasteiger partial charge < -0.3 is 10.2 Å². The Hall–Kier alpha value is -1.43. The van der Waals surface area contributed by atoms with Crippen LogP contribution in [0.4, 0.5) is 0 Å². The molecule has 0 aliphatic carbocycles. The molecule has 120 valence electrons. The lowest BCUT2D eigenvalue weighted by Gasteiger charge is -2.30. The Labute approximate surface area is 131 Å². The summed E-state index contributed by atoms with van der Waals surface area (Å²) >= 11 is 0. The van der Waals surface area contributed by atoms with Gasteiger partial charge in [0, 0.05) is 32.1 Å². The number of nitrogens with zero attached hydrogens (tertiary/aromatic N) is 2. The highest BCUT2D eigenvalue weighted by Crippen LogP contribution is 2.25. The average Bonchev–Trinajstić information content (AvgIpc) is 3.07. The maximum Gasteiger partial charge on any atom is 0.321 e. The SMILES string of the molecule is O=C(O)[C@@H]1C[C@@H](O)CN1C[C@H]1CCCN1Cc1ccccc1. The predicted molar refractivity (Wildman–Crippen MR) is 83.5 cm³/mol. The third kappa shape index (κ3) is 3.48. The minimum atomic E-state index is -0.816. The van der Waals surface area contributed by atoms with Crippen molar-refractivity contribution < 1.29 is 15.0 Å². The van der Waals surface area contributed by atoms with Crippen molar-refractivity contribution in [2.24, 2.45) is 0 Å². The lowest BCUT2D eigenvalue weighted by Crippen LogP contribution is -2.44. The summed E-state index contributed by atoms with van der Waals surface area (Å²) in [5.74, 6) is -0.816. The third-order valence-corrected chi connectivity index (χ3v) is 4.84. The first-order valence-corrected chi connectivity index (χ1v) is 8.06. The first kappa shape index (κ1) is 15.5. The minimum Gasteiger partial charge on any atom is -0.480 e. The normalized spacial score (nSPS) is 30.0. The number of aliphatic hydroxyl groups is 1. The number of β-amino-alcohol motifs (C(OH)–C–C–N with tert-alkyl or cyclic N) is 1. The number of carboxylic acid groups (broad SMARTS) is 1. The molecule has 22 heavy (non-hydrogen) atoms. The fraction of sp³-hybridized carbons (Fsp3) is 0.588. The number of carbonyl (C=O) groups is 1. The molecule has 3 atom stereocenters. The van der Waals surface area contributed by atoms with Gasteiger partial charge in [-0.3, -0.25) is 14.6 Å². The number of hydrogen-bond acceptors (Lipinski definition) is 4. The van der Waals surface area contributed by atoms with Crippen molar-refractivity contribution in [3.05, 3.63) is 35.9 Å². The second-order valence-electron chi connectivity index (χ2n) is 6.45. The predicted octanol–water partition coefficient (Wildman–Crippen LogP) is 1.17. The quantitative estimate of drug-likeness (QED) is 0.855. The molecule has 2 N–H and O–H groups in total. The molecule has 0 unspecified atom stereocenters. The standard InChI is InChI=1S/C17H24N2O3/c20-15-9-16(17(21)22)19(12-15)11-14-7-4-8-18(14)10-13-5-2-1-3-6-13/h1-3,5-6,14-16,20H,4,7-12H2,(H,21,22)/t14-,15-,16+/m1/s1. The van der Waals surface area contributed by atoms with E-state index < -0.39 is 18.1 Å².